The Morgan fingerprint density at radius 2 is 1.76 bits per heavy atom. The van der Waals surface area contributed by atoms with Crippen molar-refractivity contribution < 1.29 is 4.79 Å². The average Bonchev–Trinajstić information content (AvgIpc) is 3.15. The number of anilines is 2. The highest BCUT2D eigenvalue weighted by atomic mass is 32.1. The van der Waals surface area contributed by atoms with Gasteiger partial charge in [-0.15, -0.1) is 11.3 Å². The van der Waals surface area contributed by atoms with Crippen LogP contribution in [-0.4, -0.2) is 13.1 Å². The molecule has 0 atom stereocenters. The first-order chi connectivity index (χ1) is 12.2. The van der Waals surface area contributed by atoms with Crippen LogP contribution in [0.5, 0.6) is 0 Å². The molecule has 2 N–H and O–H groups in total. The van der Waals surface area contributed by atoms with E-state index >= 15 is 0 Å². The topological polar surface area (TPSA) is 44.4 Å². The van der Waals surface area contributed by atoms with E-state index in [1.165, 1.54) is 5.56 Å². The molecule has 0 aliphatic heterocycles. The van der Waals surface area contributed by atoms with Crippen molar-refractivity contribution in [1.29, 1.82) is 0 Å². The fraction of sp³-hybridized carbons (Fsp3) is 0.150. The smallest absolute Gasteiger partial charge is 0.319 e. The maximum Gasteiger partial charge on any atom is 0.319 e. The van der Waals surface area contributed by atoms with Gasteiger partial charge in [0, 0.05) is 29.8 Å². The predicted molar refractivity (Wildman–Crippen MR) is 105 cm³/mol. The molecule has 0 unspecified atom stereocenters. The van der Waals surface area contributed by atoms with Gasteiger partial charge in [0.05, 0.1) is 6.54 Å². The molecule has 128 valence electrons. The molecule has 0 spiro atoms. The van der Waals surface area contributed by atoms with Crippen molar-refractivity contribution >= 4 is 28.7 Å². The Hall–Kier alpha value is -2.79. The van der Waals surface area contributed by atoms with Crippen molar-refractivity contribution in [3.8, 4) is 0 Å². The van der Waals surface area contributed by atoms with Crippen LogP contribution in [0.1, 0.15) is 10.4 Å². The Kier molecular flexibility index (Phi) is 5.69. The first-order valence-electron chi connectivity index (χ1n) is 8.13. The molecule has 4 nitrogen and oxygen atoms in total. The maximum absolute atomic E-state index is 11.9. The number of nitrogens with one attached hydrogen (secondary N) is 2. The third kappa shape index (κ3) is 5.09. The van der Waals surface area contributed by atoms with E-state index in [1.807, 2.05) is 60.0 Å². The van der Waals surface area contributed by atoms with E-state index in [2.05, 4.69) is 34.7 Å². The van der Waals surface area contributed by atoms with Crippen molar-refractivity contribution in [1.82, 2.24) is 5.32 Å². The molecular weight excluding hydrogens is 330 g/mol. The van der Waals surface area contributed by atoms with Gasteiger partial charge in [0.1, 0.15) is 0 Å². The third-order valence-corrected chi connectivity index (χ3v) is 4.71. The number of carbonyl (C=O) groups is 1. The van der Waals surface area contributed by atoms with E-state index in [1.54, 1.807) is 11.3 Å². The summed E-state index contributed by atoms with van der Waals surface area (Å²) in [6.45, 7) is 1.39. The highest BCUT2D eigenvalue weighted by Crippen LogP contribution is 2.18. The molecular formula is C20H21N3OS. The lowest BCUT2D eigenvalue weighted by Gasteiger charge is -2.20. The monoisotopic (exact) mass is 351 g/mol. The number of rotatable bonds is 6. The summed E-state index contributed by atoms with van der Waals surface area (Å²) in [6, 6.07) is 22.0. The van der Waals surface area contributed by atoms with Crippen molar-refractivity contribution in [3.63, 3.8) is 0 Å². The Labute approximate surface area is 152 Å². The zero-order valence-corrected chi connectivity index (χ0v) is 14.9. The van der Waals surface area contributed by atoms with Gasteiger partial charge in [-0.2, -0.15) is 0 Å². The SMILES string of the molecule is CN(Cc1ccccc1)c1ccc(NC(=O)NCc2cccs2)cc1. The van der Waals surface area contributed by atoms with E-state index < -0.39 is 0 Å². The highest BCUT2D eigenvalue weighted by molar-refractivity contribution is 7.09. The molecule has 3 rings (SSSR count). The van der Waals surface area contributed by atoms with Crippen LogP contribution in [0.25, 0.3) is 0 Å². The summed E-state index contributed by atoms with van der Waals surface area (Å²) in [5.74, 6) is 0. The maximum atomic E-state index is 11.9. The van der Waals surface area contributed by atoms with Gasteiger partial charge in [0.2, 0.25) is 0 Å². The molecule has 2 amide bonds. The molecule has 3 aromatic rings. The van der Waals surface area contributed by atoms with E-state index in [0.29, 0.717) is 6.54 Å². The van der Waals surface area contributed by atoms with Gasteiger partial charge in [-0.05, 0) is 41.3 Å². The van der Waals surface area contributed by atoms with Gasteiger partial charge in [0.15, 0.2) is 0 Å². The van der Waals surface area contributed by atoms with E-state index in [4.69, 9.17) is 0 Å². The fourth-order valence-corrected chi connectivity index (χ4v) is 3.15. The number of hydrogen-bond donors (Lipinski definition) is 2. The van der Waals surface area contributed by atoms with Crippen LogP contribution < -0.4 is 15.5 Å². The lowest BCUT2D eigenvalue weighted by atomic mass is 10.2. The summed E-state index contributed by atoms with van der Waals surface area (Å²) in [6.07, 6.45) is 0. The zero-order chi connectivity index (χ0) is 17.5. The van der Waals surface area contributed by atoms with Gasteiger partial charge >= 0.3 is 6.03 Å². The number of nitrogens with zero attached hydrogens (tertiary/aromatic N) is 1. The number of benzene rings is 2. The minimum Gasteiger partial charge on any atom is -0.370 e. The Balaban J connectivity index is 1.52. The zero-order valence-electron chi connectivity index (χ0n) is 14.1. The Morgan fingerprint density at radius 3 is 2.44 bits per heavy atom. The standard InChI is InChI=1S/C20H21N3OS/c1-23(15-16-6-3-2-4-7-16)18-11-9-17(10-12-18)22-20(24)21-14-19-8-5-13-25-19/h2-13H,14-15H2,1H3,(H2,21,22,24). The Bertz CT molecular complexity index is 786. The number of carbonyl (C=O) groups excluding carboxylic acids is 1. The summed E-state index contributed by atoms with van der Waals surface area (Å²) in [5.41, 5.74) is 3.15. The molecule has 1 aromatic heterocycles. The van der Waals surface area contributed by atoms with Crippen molar-refractivity contribution in [2.24, 2.45) is 0 Å². The molecule has 0 saturated carbocycles. The quantitative estimate of drug-likeness (QED) is 0.676. The molecule has 0 bridgehead atoms. The van der Waals surface area contributed by atoms with Crippen LogP contribution in [-0.2, 0) is 13.1 Å². The molecule has 25 heavy (non-hydrogen) atoms. The van der Waals surface area contributed by atoms with Crippen LogP contribution in [0.2, 0.25) is 0 Å². The molecule has 0 aliphatic rings. The molecule has 0 radical (unpaired) electrons. The third-order valence-electron chi connectivity index (χ3n) is 3.83. The number of amides is 2. The first-order valence-corrected chi connectivity index (χ1v) is 9.01. The van der Waals surface area contributed by atoms with Crippen LogP contribution >= 0.6 is 11.3 Å². The van der Waals surface area contributed by atoms with E-state index in [0.717, 1.165) is 22.8 Å². The normalized spacial score (nSPS) is 10.3. The lowest BCUT2D eigenvalue weighted by Crippen LogP contribution is -2.27. The van der Waals surface area contributed by atoms with Crippen molar-refractivity contribution in [2.75, 3.05) is 17.3 Å². The van der Waals surface area contributed by atoms with Gasteiger partial charge in [-0.3, -0.25) is 0 Å². The minimum atomic E-state index is -0.196. The van der Waals surface area contributed by atoms with Crippen LogP contribution in [0, 0.1) is 0 Å². The Morgan fingerprint density at radius 1 is 1.00 bits per heavy atom. The summed E-state index contributed by atoms with van der Waals surface area (Å²) < 4.78 is 0. The van der Waals surface area contributed by atoms with Crippen LogP contribution in [0.4, 0.5) is 16.2 Å². The summed E-state index contributed by atoms with van der Waals surface area (Å²) in [5, 5.41) is 7.71. The van der Waals surface area contributed by atoms with E-state index in [9.17, 15) is 4.79 Å². The second-order valence-electron chi connectivity index (χ2n) is 5.78. The van der Waals surface area contributed by atoms with Gasteiger partial charge in [0.25, 0.3) is 0 Å². The highest BCUT2D eigenvalue weighted by Gasteiger charge is 2.05. The molecule has 2 aromatic carbocycles. The summed E-state index contributed by atoms with van der Waals surface area (Å²) in [7, 11) is 2.06. The van der Waals surface area contributed by atoms with Gasteiger partial charge in [-0.25, -0.2) is 4.79 Å². The first kappa shape index (κ1) is 17.0. The number of thiophene rings is 1. The minimum absolute atomic E-state index is 0.196. The number of hydrogen-bond acceptors (Lipinski definition) is 3. The van der Waals surface area contributed by atoms with E-state index in [-0.39, 0.29) is 6.03 Å². The van der Waals surface area contributed by atoms with Gasteiger partial charge in [-0.1, -0.05) is 36.4 Å². The average molecular weight is 351 g/mol. The molecule has 5 heteroatoms. The fourth-order valence-electron chi connectivity index (χ4n) is 2.50. The number of urea groups is 1. The predicted octanol–water partition coefficient (Wildman–Crippen LogP) is 4.71. The molecule has 0 saturated heterocycles. The second kappa shape index (κ2) is 8.35. The molecule has 0 fully saturated rings. The van der Waals surface area contributed by atoms with Crippen molar-refractivity contribution in [3.05, 3.63) is 82.6 Å². The molecule has 0 aliphatic carbocycles. The summed E-state index contributed by atoms with van der Waals surface area (Å²) in [4.78, 5) is 15.2. The van der Waals surface area contributed by atoms with Gasteiger partial charge < -0.3 is 15.5 Å². The van der Waals surface area contributed by atoms with Crippen LogP contribution in [0.3, 0.4) is 0 Å². The van der Waals surface area contributed by atoms with Crippen LogP contribution in [0.15, 0.2) is 72.1 Å². The second-order valence-corrected chi connectivity index (χ2v) is 6.81. The summed E-state index contributed by atoms with van der Waals surface area (Å²) >= 11 is 1.63. The largest absolute Gasteiger partial charge is 0.370 e. The van der Waals surface area contributed by atoms with Crippen molar-refractivity contribution in [2.45, 2.75) is 13.1 Å². The molecule has 1 heterocycles. The lowest BCUT2D eigenvalue weighted by molar-refractivity contribution is 0.252.